The van der Waals surface area contributed by atoms with Crippen LogP contribution >= 0.6 is 11.6 Å². The van der Waals surface area contributed by atoms with E-state index >= 15 is 0 Å². The zero-order valence-corrected chi connectivity index (χ0v) is 13.0. The lowest BCUT2D eigenvalue weighted by Gasteiger charge is -2.12. The lowest BCUT2D eigenvalue weighted by Crippen LogP contribution is -2.27. The van der Waals surface area contributed by atoms with Crippen LogP contribution in [0.5, 0.6) is 0 Å². The molecule has 0 radical (unpaired) electrons. The molecule has 0 atom stereocenters. The summed E-state index contributed by atoms with van der Waals surface area (Å²) in [6, 6.07) is 2.96. The molecule has 0 aliphatic carbocycles. The molecule has 0 aliphatic rings. The number of hydrogen-bond acceptors (Lipinski definition) is 4. The first-order valence-corrected chi connectivity index (χ1v) is 7.80. The molecule has 0 heterocycles. The fourth-order valence-electron chi connectivity index (χ4n) is 1.55. The van der Waals surface area contributed by atoms with Crippen molar-refractivity contribution in [3.05, 3.63) is 22.7 Å². The molecule has 108 valence electrons. The first-order chi connectivity index (χ1) is 8.74. The molecule has 19 heavy (non-hydrogen) atoms. The number of aryl methyl sites for hydroxylation is 1. The van der Waals surface area contributed by atoms with Gasteiger partial charge in [0.05, 0.1) is 5.02 Å². The summed E-state index contributed by atoms with van der Waals surface area (Å²) in [7, 11) is 0.264. The lowest BCUT2D eigenvalue weighted by atomic mass is 10.2. The quantitative estimate of drug-likeness (QED) is 0.616. The Bertz CT molecular complexity index is 544. The molecule has 0 aliphatic heterocycles. The fraction of sp³-hybridized carbons (Fsp3) is 0.500. The predicted molar refractivity (Wildman–Crippen MR) is 79.0 cm³/mol. The molecule has 0 bridgehead atoms. The Morgan fingerprint density at radius 1 is 1.37 bits per heavy atom. The minimum Gasteiger partial charge on any atom is -0.398 e. The third kappa shape index (κ3) is 4.65. The van der Waals surface area contributed by atoms with Gasteiger partial charge in [-0.2, -0.15) is 0 Å². The van der Waals surface area contributed by atoms with Crippen LogP contribution in [0.25, 0.3) is 0 Å². The molecule has 5 nitrogen and oxygen atoms in total. The normalized spacial score (nSPS) is 12.1. The summed E-state index contributed by atoms with van der Waals surface area (Å²) in [5.41, 5.74) is 6.90. The molecule has 1 aromatic carbocycles. The van der Waals surface area contributed by atoms with Crippen molar-refractivity contribution in [3.63, 3.8) is 0 Å². The maximum Gasteiger partial charge on any atom is 0.242 e. The summed E-state index contributed by atoms with van der Waals surface area (Å²) in [6.45, 7) is 2.96. The number of anilines is 1. The molecule has 0 aromatic heterocycles. The number of halogens is 1. The van der Waals surface area contributed by atoms with Gasteiger partial charge in [-0.25, -0.2) is 13.1 Å². The zero-order chi connectivity index (χ0) is 14.6. The van der Waals surface area contributed by atoms with Gasteiger partial charge in [-0.3, -0.25) is 0 Å². The second kappa shape index (κ2) is 6.56. The molecule has 0 fully saturated rings. The average Bonchev–Trinajstić information content (AvgIpc) is 2.29. The molecule has 1 aromatic rings. The van der Waals surface area contributed by atoms with E-state index in [-0.39, 0.29) is 9.92 Å². The van der Waals surface area contributed by atoms with Gasteiger partial charge in [-0.1, -0.05) is 11.6 Å². The summed E-state index contributed by atoms with van der Waals surface area (Å²) >= 11 is 5.97. The monoisotopic (exact) mass is 305 g/mol. The summed E-state index contributed by atoms with van der Waals surface area (Å²) in [6.07, 6.45) is 0.727. The fourth-order valence-corrected chi connectivity index (χ4v) is 3.24. The number of hydrogen-bond donors (Lipinski definition) is 2. The van der Waals surface area contributed by atoms with Gasteiger partial charge in [0.25, 0.3) is 0 Å². The number of sulfonamides is 1. The van der Waals surface area contributed by atoms with Crippen LogP contribution < -0.4 is 10.5 Å². The van der Waals surface area contributed by atoms with Crippen molar-refractivity contribution in [1.29, 1.82) is 0 Å². The van der Waals surface area contributed by atoms with E-state index in [1.165, 1.54) is 6.07 Å². The van der Waals surface area contributed by atoms with E-state index in [2.05, 4.69) is 4.72 Å². The van der Waals surface area contributed by atoms with Gasteiger partial charge in [0.1, 0.15) is 4.90 Å². The largest absolute Gasteiger partial charge is 0.398 e. The minimum atomic E-state index is -3.61. The van der Waals surface area contributed by atoms with Crippen LogP contribution in [0.4, 0.5) is 5.69 Å². The van der Waals surface area contributed by atoms with Gasteiger partial charge < -0.3 is 10.6 Å². The SMILES string of the molecule is Cc1cc(Cl)c(S(=O)(=O)NCCCN(C)C)cc1N. The Labute approximate surface area is 119 Å². The van der Waals surface area contributed by atoms with Crippen LogP contribution in [0, 0.1) is 6.92 Å². The first kappa shape index (κ1) is 16.2. The molecule has 0 unspecified atom stereocenters. The molecule has 1 rings (SSSR count). The van der Waals surface area contributed by atoms with Gasteiger partial charge in [0.15, 0.2) is 0 Å². The van der Waals surface area contributed by atoms with Crippen molar-refractivity contribution in [1.82, 2.24) is 9.62 Å². The lowest BCUT2D eigenvalue weighted by molar-refractivity contribution is 0.400. The van der Waals surface area contributed by atoms with Crippen LogP contribution in [0.15, 0.2) is 17.0 Å². The van der Waals surface area contributed by atoms with Crippen LogP contribution in [0.3, 0.4) is 0 Å². The van der Waals surface area contributed by atoms with Crippen molar-refractivity contribution in [2.24, 2.45) is 0 Å². The number of rotatable bonds is 6. The summed E-state index contributed by atoms with van der Waals surface area (Å²) < 4.78 is 26.7. The van der Waals surface area contributed by atoms with Crippen molar-refractivity contribution in [2.75, 3.05) is 32.9 Å². The number of nitrogen functional groups attached to an aromatic ring is 1. The topological polar surface area (TPSA) is 75.4 Å². The number of nitrogens with zero attached hydrogens (tertiary/aromatic N) is 1. The second-order valence-electron chi connectivity index (χ2n) is 4.69. The Kier molecular flexibility index (Phi) is 5.61. The molecule has 3 N–H and O–H groups in total. The molecule has 0 saturated carbocycles. The molecule has 0 spiro atoms. The van der Waals surface area contributed by atoms with E-state index in [0.717, 1.165) is 18.5 Å². The van der Waals surface area contributed by atoms with Gasteiger partial charge >= 0.3 is 0 Å². The van der Waals surface area contributed by atoms with E-state index in [0.29, 0.717) is 12.2 Å². The Morgan fingerprint density at radius 3 is 2.58 bits per heavy atom. The molecule has 0 amide bonds. The van der Waals surface area contributed by atoms with E-state index in [1.54, 1.807) is 13.0 Å². The first-order valence-electron chi connectivity index (χ1n) is 5.94. The second-order valence-corrected chi connectivity index (χ2v) is 6.84. The van der Waals surface area contributed by atoms with Crippen LogP contribution in [0.2, 0.25) is 5.02 Å². The minimum absolute atomic E-state index is 0.0297. The number of nitrogens with two attached hydrogens (primary N) is 1. The maximum atomic E-state index is 12.1. The molecular weight excluding hydrogens is 286 g/mol. The van der Waals surface area contributed by atoms with E-state index < -0.39 is 10.0 Å². The maximum absolute atomic E-state index is 12.1. The Balaban J connectivity index is 2.80. The number of benzene rings is 1. The van der Waals surface area contributed by atoms with Crippen molar-refractivity contribution in [2.45, 2.75) is 18.2 Å². The van der Waals surface area contributed by atoms with E-state index in [4.69, 9.17) is 17.3 Å². The highest BCUT2D eigenvalue weighted by molar-refractivity contribution is 7.89. The van der Waals surface area contributed by atoms with Crippen molar-refractivity contribution >= 4 is 27.3 Å². The van der Waals surface area contributed by atoms with Crippen LogP contribution in [-0.4, -0.2) is 40.5 Å². The van der Waals surface area contributed by atoms with Gasteiger partial charge in [0, 0.05) is 12.2 Å². The van der Waals surface area contributed by atoms with Crippen molar-refractivity contribution < 1.29 is 8.42 Å². The van der Waals surface area contributed by atoms with E-state index in [9.17, 15) is 8.42 Å². The Morgan fingerprint density at radius 2 is 2.00 bits per heavy atom. The van der Waals surface area contributed by atoms with Gasteiger partial charge in [-0.05, 0) is 51.7 Å². The predicted octanol–water partition coefficient (Wildman–Crippen LogP) is 1.46. The highest BCUT2D eigenvalue weighted by Gasteiger charge is 2.18. The molecule has 7 heteroatoms. The highest BCUT2D eigenvalue weighted by atomic mass is 35.5. The summed E-state index contributed by atoms with van der Waals surface area (Å²) in [4.78, 5) is 2.02. The molecule has 0 saturated heterocycles. The standard InChI is InChI=1S/C12H20ClN3O2S/c1-9-7-10(13)12(8-11(9)14)19(17,18)15-5-4-6-16(2)3/h7-8,15H,4-6,14H2,1-3H3. The van der Waals surface area contributed by atoms with Gasteiger partial charge in [-0.15, -0.1) is 0 Å². The molecular formula is C12H20ClN3O2S. The summed E-state index contributed by atoms with van der Waals surface area (Å²) in [5.74, 6) is 0. The third-order valence-corrected chi connectivity index (χ3v) is 4.61. The van der Waals surface area contributed by atoms with Gasteiger partial charge in [0.2, 0.25) is 10.0 Å². The van der Waals surface area contributed by atoms with Crippen LogP contribution in [-0.2, 0) is 10.0 Å². The third-order valence-electron chi connectivity index (χ3n) is 2.68. The summed E-state index contributed by atoms with van der Waals surface area (Å²) in [5, 5.41) is 0.187. The highest BCUT2D eigenvalue weighted by Crippen LogP contribution is 2.26. The Hall–Kier alpha value is -0.820. The average molecular weight is 306 g/mol. The van der Waals surface area contributed by atoms with E-state index in [1.807, 2.05) is 19.0 Å². The zero-order valence-electron chi connectivity index (χ0n) is 11.4. The smallest absolute Gasteiger partial charge is 0.242 e. The van der Waals surface area contributed by atoms with Crippen LogP contribution in [0.1, 0.15) is 12.0 Å². The van der Waals surface area contributed by atoms with Crippen molar-refractivity contribution in [3.8, 4) is 0 Å². The number of nitrogens with one attached hydrogen (secondary N) is 1.